The maximum absolute atomic E-state index is 12.5. The van der Waals surface area contributed by atoms with Crippen molar-refractivity contribution in [2.24, 2.45) is 0 Å². The number of aliphatic carboxylic acids is 1. The second kappa shape index (κ2) is 8.80. The smallest absolute Gasteiger partial charge is 0.325 e. The number of carboxylic acids is 1. The summed E-state index contributed by atoms with van der Waals surface area (Å²) in [6, 6.07) is 14.2. The molecule has 0 unspecified atom stereocenters. The van der Waals surface area contributed by atoms with E-state index >= 15 is 0 Å². The maximum atomic E-state index is 12.5. The van der Waals surface area contributed by atoms with Gasteiger partial charge >= 0.3 is 5.97 Å². The van der Waals surface area contributed by atoms with Gasteiger partial charge in [0.15, 0.2) is 0 Å². The second-order valence-electron chi connectivity index (χ2n) is 6.15. The first-order valence-corrected chi connectivity index (χ1v) is 8.31. The molecule has 0 saturated carbocycles. The molecule has 2 amide bonds. The first-order valence-electron chi connectivity index (χ1n) is 8.31. The highest BCUT2D eigenvalue weighted by Crippen LogP contribution is 2.08. The number of carbonyl (C=O) groups excluding carboxylic acids is 2. The van der Waals surface area contributed by atoms with Crippen LogP contribution < -0.4 is 10.6 Å². The van der Waals surface area contributed by atoms with Gasteiger partial charge in [0.25, 0.3) is 5.91 Å². The fourth-order valence-corrected chi connectivity index (χ4v) is 2.38. The van der Waals surface area contributed by atoms with Crippen molar-refractivity contribution in [2.45, 2.75) is 32.4 Å². The van der Waals surface area contributed by atoms with Crippen LogP contribution >= 0.6 is 0 Å². The predicted octanol–water partition coefficient (Wildman–Crippen LogP) is 1.93. The van der Waals surface area contributed by atoms with Crippen LogP contribution in [0.4, 0.5) is 0 Å². The number of hydrogen-bond donors (Lipinski definition) is 3. The normalized spacial score (nSPS) is 12.7. The second-order valence-corrected chi connectivity index (χ2v) is 6.15. The van der Waals surface area contributed by atoms with Crippen molar-refractivity contribution in [1.82, 2.24) is 10.6 Å². The van der Waals surface area contributed by atoms with Crippen molar-refractivity contribution in [3.05, 3.63) is 71.3 Å². The summed E-state index contributed by atoms with van der Waals surface area (Å²) in [6.07, 6.45) is 0.261. The lowest BCUT2D eigenvalue weighted by molar-refractivity contribution is -0.141. The largest absolute Gasteiger partial charge is 0.480 e. The van der Waals surface area contributed by atoms with Gasteiger partial charge in [0.05, 0.1) is 0 Å². The van der Waals surface area contributed by atoms with Gasteiger partial charge in [0.1, 0.15) is 12.1 Å². The molecule has 0 aliphatic carbocycles. The van der Waals surface area contributed by atoms with Gasteiger partial charge in [-0.05, 0) is 31.5 Å². The zero-order valence-electron chi connectivity index (χ0n) is 14.7. The molecular weight excluding hydrogens is 332 g/mol. The summed E-state index contributed by atoms with van der Waals surface area (Å²) in [6.45, 7) is 3.34. The lowest BCUT2D eigenvalue weighted by Crippen LogP contribution is -2.51. The summed E-state index contributed by atoms with van der Waals surface area (Å²) in [5.41, 5.74) is 2.38. The lowest BCUT2D eigenvalue weighted by Gasteiger charge is -2.20. The molecule has 2 rings (SSSR count). The van der Waals surface area contributed by atoms with Gasteiger partial charge in [-0.1, -0.05) is 48.0 Å². The molecule has 0 heterocycles. The third-order valence-electron chi connectivity index (χ3n) is 3.95. The minimum atomic E-state index is -1.14. The summed E-state index contributed by atoms with van der Waals surface area (Å²) < 4.78 is 0. The van der Waals surface area contributed by atoms with E-state index in [1.807, 2.05) is 31.2 Å². The van der Waals surface area contributed by atoms with E-state index in [1.54, 1.807) is 30.3 Å². The molecule has 0 fully saturated rings. The molecular formula is C20H22N2O4. The number of carbonyl (C=O) groups is 3. The van der Waals surface area contributed by atoms with E-state index in [2.05, 4.69) is 10.6 Å². The van der Waals surface area contributed by atoms with Crippen LogP contribution in [-0.4, -0.2) is 35.0 Å². The van der Waals surface area contributed by atoms with Crippen molar-refractivity contribution >= 4 is 17.8 Å². The Morgan fingerprint density at radius 1 is 0.962 bits per heavy atom. The highest BCUT2D eigenvalue weighted by molar-refractivity contribution is 5.98. The van der Waals surface area contributed by atoms with Gasteiger partial charge in [0.2, 0.25) is 5.91 Å². The van der Waals surface area contributed by atoms with Crippen LogP contribution in [0.15, 0.2) is 54.6 Å². The Morgan fingerprint density at radius 2 is 1.58 bits per heavy atom. The molecule has 3 N–H and O–H groups in total. The van der Waals surface area contributed by atoms with Crippen molar-refractivity contribution in [3.63, 3.8) is 0 Å². The molecule has 2 aromatic rings. The van der Waals surface area contributed by atoms with E-state index in [0.29, 0.717) is 5.56 Å². The Balaban J connectivity index is 2.17. The number of nitrogens with one attached hydrogen (secondary N) is 2. The third kappa shape index (κ3) is 5.44. The fourth-order valence-electron chi connectivity index (χ4n) is 2.38. The van der Waals surface area contributed by atoms with E-state index < -0.39 is 24.0 Å². The molecule has 2 aromatic carbocycles. The van der Waals surface area contributed by atoms with Crippen LogP contribution in [0.2, 0.25) is 0 Å². The summed E-state index contributed by atoms with van der Waals surface area (Å²) in [4.78, 5) is 35.9. The van der Waals surface area contributed by atoms with Crippen molar-refractivity contribution in [2.75, 3.05) is 0 Å². The average Bonchev–Trinajstić information content (AvgIpc) is 2.63. The number of amides is 2. The molecule has 0 saturated heterocycles. The Kier molecular flexibility index (Phi) is 6.49. The number of carboxylic acid groups (broad SMARTS) is 1. The molecule has 0 spiro atoms. The standard InChI is InChI=1S/C20H22N2O4/c1-13-8-10-15(11-9-13)12-17(19(24)21-14(2)20(25)26)22-18(23)16-6-4-3-5-7-16/h3-11,14,17H,12H2,1-2H3,(H,21,24)(H,22,23)(H,25,26)/t14-,17+/m1/s1. The minimum Gasteiger partial charge on any atom is -0.480 e. The van der Waals surface area contributed by atoms with E-state index in [4.69, 9.17) is 5.11 Å². The lowest BCUT2D eigenvalue weighted by atomic mass is 10.0. The van der Waals surface area contributed by atoms with Gasteiger partial charge in [0, 0.05) is 12.0 Å². The van der Waals surface area contributed by atoms with E-state index in [0.717, 1.165) is 11.1 Å². The van der Waals surface area contributed by atoms with E-state index in [-0.39, 0.29) is 12.3 Å². The monoisotopic (exact) mass is 354 g/mol. The number of hydrogen-bond acceptors (Lipinski definition) is 3. The van der Waals surface area contributed by atoms with Crippen molar-refractivity contribution in [3.8, 4) is 0 Å². The Labute approximate surface area is 152 Å². The number of benzene rings is 2. The predicted molar refractivity (Wildman–Crippen MR) is 97.8 cm³/mol. The highest BCUT2D eigenvalue weighted by Gasteiger charge is 2.25. The van der Waals surface area contributed by atoms with Crippen LogP contribution in [0.3, 0.4) is 0 Å². The topological polar surface area (TPSA) is 95.5 Å². The Morgan fingerprint density at radius 3 is 2.15 bits per heavy atom. The van der Waals surface area contributed by atoms with E-state index in [1.165, 1.54) is 6.92 Å². The van der Waals surface area contributed by atoms with Crippen LogP contribution in [0, 0.1) is 6.92 Å². The molecule has 6 heteroatoms. The van der Waals surface area contributed by atoms with Crippen LogP contribution in [0.5, 0.6) is 0 Å². The van der Waals surface area contributed by atoms with Crippen LogP contribution in [0.1, 0.15) is 28.4 Å². The zero-order chi connectivity index (χ0) is 19.1. The van der Waals surface area contributed by atoms with Gasteiger partial charge < -0.3 is 15.7 Å². The molecule has 136 valence electrons. The molecule has 0 aliphatic rings. The molecule has 0 aromatic heterocycles. The van der Waals surface area contributed by atoms with Gasteiger partial charge in [-0.15, -0.1) is 0 Å². The van der Waals surface area contributed by atoms with Crippen molar-refractivity contribution < 1.29 is 19.5 Å². The molecule has 0 radical (unpaired) electrons. The van der Waals surface area contributed by atoms with Crippen LogP contribution in [0.25, 0.3) is 0 Å². The number of rotatable bonds is 7. The SMILES string of the molecule is Cc1ccc(C[C@H](NC(=O)c2ccccc2)C(=O)N[C@H](C)C(=O)O)cc1. The Bertz CT molecular complexity index is 772. The summed E-state index contributed by atoms with van der Waals surface area (Å²) in [7, 11) is 0. The molecule has 0 bridgehead atoms. The van der Waals surface area contributed by atoms with E-state index in [9.17, 15) is 14.4 Å². The maximum Gasteiger partial charge on any atom is 0.325 e. The first kappa shape index (κ1) is 19.2. The molecule has 2 atom stereocenters. The van der Waals surface area contributed by atoms with Gasteiger partial charge in [-0.3, -0.25) is 14.4 Å². The average molecular weight is 354 g/mol. The van der Waals surface area contributed by atoms with Crippen LogP contribution in [-0.2, 0) is 16.0 Å². The van der Waals surface area contributed by atoms with Gasteiger partial charge in [-0.2, -0.15) is 0 Å². The summed E-state index contributed by atoms with van der Waals surface area (Å²) in [5.74, 6) is -2.06. The zero-order valence-corrected chi connectivity index (χ0v) is 14.7. The third-order valence-corrected chi connectivity index (χ3v) is 3.95. The molecule has 26 heavy (non-hydrogen) atoms. The fraction of sp³-hybridized carbons (Fsp3) is 0.250. The molecule has 6 nitrogen and oxygen atoms in total. The molecule has 0 aliphatic heterocycles. The highest BCUT2D eigenvalue weighted by atomic mass is 16.4. The summed E-state index contributed by atoms with van der Waals surface area (Å²) >= 11 is 0. The Hall–Kier alpha value is -3.15. The minimum absolute atomic E-state index is 0.261. The first-order chi connectivity index (χ1) is 12.4. The number of aryl methyl sites for hydroxylation is 1. The quantitative estimate of drug-likeness (QED) is 0.708. The van der Waals surface area contributed by atoms with Crippen molar-refractivity contribution in [1.29, 1.82) is 0 Å². The summed E-state index contributed by atoms with van der Waals surface area (Å²) in [5, 5.41) is 14.1. The van der Waals surface area contributed by atoms with Gasteiger partial charge in [-0.25, -0.2) is 0 Å².